The van der Waals surface area contributed by atoms with Gasteiger partial charge in [0.05, 0.1) is 6.54 Å². The maximum Gasteiger partial charge on any atom is 0.186 e. The quantitative estimate of drug-likeness (QED) is 0.197. The molecular weight excluding hydrogens is 228 g/mol. The topological polar surface area (TPSA) is 176 Å². The van der Waals surface area contributed by atoms with E-state index in [0.717, 1.165) is 0 Å². The number of hydrogen-bond acceptors (Lipinski definition) is 5. The average Bonchev–Trinajstić information content (AvgIpc) is 2.51. The molecule has 0 aromatic heterocycles. The molecule has 1 fully saturated rings. The van der Waals surface area contributed by atoms with Crippen LogP contribution in [0.25, 0.3) is 0 Å². The van der Waals surface area contributed by atoms with E-state index in [1.807, 2.05) is 0 Å². The lowest BCUT2D eigenvalue weighted by molar-refractivity contribution is 0.0159. The average molecular weight is 246 g/mol. The van der Waals surface area contributed by atoms with Gasteiger partial charge in [0.15, 0.2) is 11.9 Å². The van der Waals surface area contributed by atoms with Crippen LogP contribution in [0.1, 0.15) is 0 Å². The first-order valence-corrected chi connectivity index (χ1v) is 5.06. The molecule has 0 unspecified atom stereocenters. The molecule has 1 aliphatic heterocycles. The zero-order chi connectivity index (χ0) is 13.0. The molecule has 4 atom stereocenters. The van der Waals surface area contributed by atoms with Gasteiger partial charge in [-0.3, -0.25) is 10.4 Å². The van der Waals surface area contributed by atoms with Crippen molar-refractivity contribution >= 4 is 11.9 Å². The Kier molecular flexibility index (Phi) is 4.49. The monoisotopic (exact) mass is 246 g/mol. The first-order chi connectivity index (χ1) is 7.91. The molecule has 98 valence electrons. The second-order valence-electron chi connectivity index (χ2n) is 3.75. The molecule has 1 heterocycles. The lowest BCUT2D eigenvalue weighted by Gasteiger charge is -2.14. The Morgan fingerprint density at radius 1 is 1.24 bits per heavy atom. The molecule has 1 aliphatic rings. The van der Waals surface area contributed by atoms with Gasteiger partial charge in [-0.05, 0) is 0 Å². The summed E-state index contributed by atoms with van der Waals surface area (Å²) in [6.45, 7) is 0.197. The highest BCUT2D eigenvalue weighted by atomic mass is 16.5. The van der Waals surface area contributed by atoms with Crippen molar-refractivity contribution in [3.63, 3.8) is 0 Å². The third kappa shape index (κ3) is 3.73. The van der Waals surface area contributed by atoms with Gasteiger partial charge in [0.2, 0.25) is 0 Å². The summed E-state index contributed by atoms with van der Waals surface area (Å²) in [6.07, 6.45) is -3.48. The van der Waals surface area contributed by atoms with Gasteiger partial charge in [0, 0.05) is 6.54 Å². The van der Waals surface area contributed by atoms with Crippen molar-refractivity contribution in [2.24, 2.45) is 22.2 Å². The molecule has 0 aromatic carbocycles. The highest BCUT2D eigenvalue weighted by Gasteiger charge is 2.42. The minimum Gasteiger partial charge on any atom is -0.388 e. The Bertz CT molecular complexity index is 306. The van der Waals surface area contributed by atoms with E-state index in [1.54, 1.807) is 0 Å². The van der Waals surface area contributed by atoms with E-state index >= 15 is 0 Å². The van der Waals surface area contributed by atoms with E-state index in [1.165, 1.54) is 0 Å². The fourth-order valence-corrected chi connectivity index (χ4v) is 1.55. The molecule has 9 nitrogen and oxygen atoms in total. The fraction of sp³-hybridized carbons (Fsp3) is 0.750. The van der Waals surface area contributed by atoms with E-state index in [-0.39, 0.29) is 25.0 Å². The molecule has 0 spiro atoms. The van der Waals surface area contributed by atoms with Crippen LogP contribution in [0.5, 0.6) is 0 Å². The van der Waals surface area contributed by atoms with Gasteiger partial charge in [0.1, 0.15) is 24.4 Å². The van der Waals surface area contributed by atoms with E-state index in [0.29, 0.717) is 0 Å². The summed E-state index contributed by atoms with van der Waals surface area (Å²) in [7, 11) is 0. The molecule has 10 N–H and O–H groups in total. The minimum atomic E-state index is -1.07. The van der Waals surface area contributed by atoms with Gasteiger partial charge >= 0.3 is 0 Å². The molecule has 1 rings (SSSR count). The highest BCUT2D eigenvalue weighted by molar-refractivity contribution is 5.75. The minimum absolute atomic E-state index is 0.0666. The van der Waals surface area contributed by atoms with Gasteiger partial charge in [-0.25, -0.2) is 0 Å². The standard InChI is InChI=1S/C8H18N6O3/c9-7(10)13-1-3-5(15)6(16)4(17-3)2-14-8(11)12/h3-6,15-16H,1-2H2,(H4,9,10,13)(H4,11,12,14)/t3-,4-,5-,6-/m1/s1. The predicted octanol–water partition coefficient (Wildman–Crippen LogP) is -3.77. The molecule has 9 heteroatoms. The third-order valence-electron chi connectivity index (χ3n) is 2.41. The molecule has 0 bridgehead atoms. The number of hydrogen-bond donors (Lipinski definition) is 7. The van der Waals surface area contributed by atoms with Gasteiger partial charge < -0.3 is 37.5 Å². The number of rotatable bonds is 4. The van der Waals surface area contributed by atoms with Crippen LogP contribution < -0.4 is 22.5 Å². The number of aliphatic hydroxyl groups excluding tert-OH is 2. The van der Waals surface area contributed by atoms with Crippen molar-refractivity contribution < 1.29 is 14.9 Å². The number of aliphatic imine (C=N–C) groups is 1. The van der Waals surface area contributed by atoms with Crippen LogP contribution >= 0.6 is 0 Å². The first kappa shape index (κ1) is 13.5. The maximum absolute atomic E-state index is 9.67. The summed E-state index contributed by atoms with van der Waals surface area (Å²) in [5.74, 6) is -0.344. The number of aliphatic hydroxyl groups is 2. The summed E-state index contributed by atoms with van der Waals surface area (Å²) in [5.41, 5.74) is 15.4. The van der Waals surface area contributed by atoms with Crippen LogP contribution in [0.2, 0.25) is 0 Å². The lowest BCUT2D eigenvalue weighted by Crippen LogP contribution is -2.42. The SMILES string of the molecule is N=C(N)NC[C@H]1O[C@H](CN=C(N)N)[C@@H](O)[C@@H]1O. The Morgan fingerprint density at radius 2 is 1.82 bits per heavy atom. The van der Waals surface area contributed by atoms with E-state index < -0.39 is 24.4 Å². The summed E-state index contributed by atoms with van der Waals surface area (Å²) in [5, 5.41) is 28.8. The van der Waals surface area contributed by atoms with E-state index in [9.17, 15) is 10.2 Å². The molecule has 0 amide bonds. The number of nitrogens with two attached hydrogens (primary N) is 3. The lowest BCUT2D eigenvalue weighted by atomic mass is 10.1. The van der Waals surface area contributed by atoms with Crippen LogP contribution in [-0.2, 0) is 4.74 Å². The maximum atomic E-state index is 9.67. The summed E-state index contributed by atoms with van der Waals surface area (Å²) in [4.78, 5) is 3.71. The molecule has 0 radical (unpaired) electrons. The van der Waals surface area contributed by atoms with Crippen molar-refractivity contribution in [3.8, 4) is 0 Å². The van der Waals surface area contributed by atoms with Crippen LogP contribution in [0, 0.1) is 5.41 Å². The van der Waals surface area contributed by atoms with Crippen molar-refractivity contribution in [1.82, 2.24) is 5.32 Å². The largest absolute Gasteiger partial charge is 0.388 e. The van der Waals surface area contributed by atoms with Crippen LogP contribution in [0.15, 0.2) is 4.99 Å². The van der Waals surface area contributed by atoms with Gasteiger partial charge in [-0.2, -0.15) is 0 Å². The van der Waals surface area contributed by atoms with Crippen LogP contribution in [-0.4, -0.2) is 59.6 Å². The second kappa shape index (κ2) is 5.66. The van der Waals surface area contributed by atoms with Gasteiger partial charge in [0.25, 0.3) is 0 Å². The fourth-order valence-electron chi connectivity index (χ4n) is 1.55. The van der Waals surface area contributed by atoms with Crippen molar-refractivity contribution in [1.29, 1.82) is 5.41 Å². The second-order valence-corrected chi connectivity index (χ2v) is 3.75. The Morgan fingerprint density at radius 3 is 2.35 bits per heavy atom. The molecule has 0 saturated carbocycles. The summed E-state index contributed by atoms with van der Waals surface area (Å²) < 4.78 is 5.35. The normalized spacial score (nSPS) is 32.1. The smallest absolute Gasteiger partial charge is 0.186 e. The zero-order valence-corrected chi connectivity index (χ0v) is 9.21. The van der Waals surface area contributed by atoms with Crippen LogP contribution in [0.3, 0.4) is 0 Å². The van der Waals surface area contributed by atoms with E-state index in [2.05, 4.69) is 10.3 Å². The van der Waals surface area contributed by atoms with Crippen LogP contribution in [0.4, 0.5) is 0 Å². The number of nitrogens with zero attached hydrogens (tertiary/aromatic N) is 1. The molecule has 0 aliphatic carbocycles. The molecule has 0 aromatic rings. The zero-order valence-electron chi connectivity index (χ0n) is 9.21. The van der Waals surface area contributed by atoms with Gasteiger partial charge in [-0.15, -0.1) is 0 Å². The Hall–Kier alpha value is -1.58. The number of nitrogens with one attached hydrogen (secondary N) is 2. The van der Waals surface area contributed by atoms with Crippen molar-refractivity contribution in [2.75, 3.05) is 13.1 Å². The number of guanidine groups is 2. The Labute approximate surface area is 98.1 Å². The molecule has 1 saturated heterocycles. The summed E-state index contributed by atoms with van der Waals surface area (Å²) in [6, 6.07) is 0. The van der Waals surface area contributed by atoms with Crippen molar-refractivity contribution in [2.45, 2.75) is 24.4 Å². The highest BCUT2D eigenvalue weighted by Crippen LogP contribution is 2.21. The summed E-state index contributed by atoms with van der Waals surface area (Å²) >= 11 is 0. The van der Waals surface area contributed by atoms with Gasteiger partial charge in [-0.1, -0.05) is 0 Å². The molecule has 17 heavy (non-hydrogen) atoms. The first-order valence-electron chi connectivity index (χ1n) is 5.06. The predicted molar refractivity (Wildman–Crippen MR) is 61.3 cm³/mol. The third-order valence-corrected chi connectivity index (χ3v) is 2.41. The Balaban J connectivity index is 2.50. The molecular formula is C8H18N6O3. The van der Waals surface area contributed by atoms with E-state index in [4.69, 9.17) is 27.3 Å². The van der Waals surface area contributed by atoms with Crippen molar-refractivity contribution in [3.05, 3.63) is 0 Å². The number of ether oxygens (including phenoxy) is 1.